The molecule has 2 amide bonds. The Balaban J connectivity index is 2.24. The molecule has 1 atom stereocenters. The van der Waals surface area contributed by atoms with E-state index in [2.05, 4.69) is 23.9 Å². The van der Waals surface area contributed by atoms with Crippen molar-refractivity contribution in [3.8, 4) is 0 Å². The molecule has 1 rings (SSSR count). The van der Waals surface area contributed by atoms with Crippen molar-refractivity contribution in [1.82, 2.24) is 5.32 Å². The Morgan fingerprint density at radius 3 is 2.72 bits per heavy atom. The Kier molecular flexibility index (Phi) is 5.44. The molecule has 18 heavy (non-hydrogen) atoms. The number of rotatable bonds is 5. The fraction of sp³-hybridized carbons (Fsp3) is 0.846. The van der Waals surface area contributed by atoms with Crippen LogP contribution in [0.5, 0.6) is 0 Å². The molecule has 5 nitrogen and oxygen atoms in total. The maximum absolute atomic E-state index is 11.8. The van der Waals surface area contributed by atoms with Gasteiger partial charge in [-0.3, -0.25) is 4.79 Å². The minimum atomic E-state index is -0.808. The molecule has 1 fully saturated rings. The van der Waals surface area contributed by atoms with Crippen LogP contribution in [0.15, 0.2) is 0 Å². The molecule has 0 unspecified atom stereocenters. The highest BCUT2D eigenvalue weighted by atomic mass is 16.5. The van der Waals surface area contributed by atoms with Crippen LogP contribution in [-0.4, -0.2) is 25.2 Å². The highest BCUT2D eigenvalue weighted by molar-refractivity contribution is 5.76. The lowest BCUT2D eigenvalue weighted by Gasteiger charge is -2.38. The van der Waals surface area contributed by atoms with Gasteiger partial charge in [0.2, 0.25) is 5.91 Å². The van der Waals surface area contributed by atoms with Crippen molar-refractivity contribution in [2.75, 3.05) is 13.2 Å². The first-order valence-electron chi connectivity index (χ1n) is 6.61. The molecule has 5 heteroatoms. The molecular formula is C13H24N2O3. The van der Waals surface area contributed by atoms with Crippen LogP contribution in [0.3, 0.4) is 0 Å². The fourth-order valence-electron chi connectivity index (χ4n) is 2.58. The van der Waals surface area contributed by atoms with Gasteiger partial charge in [-0.05, 0) is 24.2 Å². The third-order valence-corrected chi connectivity index (χ3v) is 3.83. The van der Waals surface area contributed by atoms with E-state index in [1.165, 1.54) is 19.3 Å². The van der Waals surface area contributed by atoms with Crippen molar-refractivity contribution in [3.63, 3.8) is 0 Å². The van der Waals surface area contributed by atoms with Crippen molar-refractivity contribution in [3.05, 3.63) is 0 Å². The second kappa shape index (κ2) is 6.61. The molecule has 1 aliphatic rings. The summed E-state index contributed by atoms with van der Waals surface area (Å²) in [6, 6.07) is 0. The number of primary amides is 1. The molecule has 0 aromatic heterocycles. The molecule has 0 heterocycles. The van der Waals surface area contributed by atoms with Crippen LogP contribution in [0.2, 0.25) is 0 Å². The number of amides is 2. The predicted molar refractivity (Wildman–Crippen MR) is 68.9 cm³/mol. The normalized spacial score (nSPS) is 22.2. The molecule has 1 aliphatic carbocycles. The molecule has 0 saturated heterocycles. The van der Waals surface area contributed by atoms with Crippen LogP contribution >= 0.6 is 0 Å². The summed E-state index contributed by atoms with van der Waals surface area (Å²) in [7, 11) is 0. The van der Waals surface area contributed by atoms with E-state index in [1.54, 1.807) is 0 Å². The summed E-state index contributed by atoms with van der Waals surface area (Å²) in [6.07, 6.45) is 4.54. The average Bonchev–Trinajstić information content (AvgIpc) is 2.27. The predicted octanol–water partition coefficient (Wildman–Crippen LogP) is 1.80. The van der Waals surface area contributed by atoms with Crippen LogP contribution in [0.1, 0.15) is 46.0 Å². The van der Waals surface area contributed by atoms with Gasteiger partial charge in [0.1, 0.15) is 6.61 Å². The number of hydrogen-bond donors (Lipinski definition) is 2. The summed E-state index contributed by atoms with van der Waals surface area (Å²) in [5, 5.41) is 2.75. The smallest absolute Gasteiger partial charge is 0.404 e. The van der Waals surface area contributed by atoms with Gasteiger partial charge in [0, 0.05) is 6.42 Å². The average molecular weight is 256 g/mol. The summed E-state index contributed by atoms with van der Waals surface area (Å²) >= 11 is 0. The molecule has 0 spiro atoms. The minimum absolute atomic E-state index is 0.0306. The molecule has 104 valence electrons. The second-order valence-electron chi connectivity index (χ2n) is 5.65. The Morgan fingerprint density at radius 1 is 1.39 bits per heavy atom. The standard InChI is InChI=1S/C13H24N2O3/c1-13(2)6-4-3-5-10(13)9-11(16)15-7-8-18-12(14)17/h10H,3-9H2,1-2H3,(H2,14,17)(H,15,16)/t10-/m0/s1. The molecular weight excluding hydrogens is 232 g/mol. The van der Waals surface area contributed by atoms with E-state index in [9.17, 15) is 9.59 Å². The van der Waals surface area contributed by atoms with E-state index in [1.807, 2.05) is 0 Å². The molecule has 0 aliphatic heterocycles. The summed E-state index contributed by atoms with van der Waals surface area (Å²) in [6.45, 7) is 4.94. The van der Waals surface area contributed by atoms with Gasteiger partial charge in [-0.25, -0.2) is 4.79 Å². The van der Waals surface area contributed by atoms with Crippen LogP contribution < -0.4 is 11.1 Å². The largest absolute Gasteiger partial charge is 0.448 e. The van der Waals surface area contributed by atoms with Gasteiger partial charge in [0.25, 0.3) is 0 Å². The van der Waals surface area contributed by atoms with Gasteiger partial charge < -0.3 is 15.8 Å². The van der Waals surface area contributed by atoms with Crippen molar-refractivity contribution in [2.24, 2.45) is 17.1 Å². The number of carbonyl (C=O) groups is 2. The van der Waals surface area contributed by atoms with Crippen LogP contribution in [0.25, 0.3) is 0 Å². The lowest BCUT2D eigenvalue weighted by atomic mass is 9.67. The van der Waals surface area contributed by atoms with Crippen molar-refractivity contribution >= 4 is 12.0 Å². The number of ether oxygens (including phenoxy) is 1. The van der Waals surface area contributed by atoms with Gasteiger partial charge >= 0.3 is 6.09 Å². The lowest BCUT2D eigenvalue weighted by molar-refractivity contribution is -0.123. The monoisotopic (exact) mass is 256 g/mol. The quantitative estimate of drug-likeness (QED) is 0.736. The van der Waals surface area contributed by atoms with E-state index < -0.39 is 6.09 Å². The molecule has 0 radical (unpaired) electrons. The van der Waals surface area contributed by atoms with E-state index in [-0.39, 0.29) is 17.9 Å². The van der Waals surface area contributed by atoms with Gasteiger partial charge in [-0.2, -0.15) is 0 Å². The van der Waals surface area contributed by atoms with Crippen molar-refractivity contribution in [1.29, 1.82) is 0 Å². The topological polar surface area (TPSA) is 81.4 Å². The number of hydrogen-bond acceptors (Lipinski definition) is 3. The van der Waals surface area contributed by atoms with Crippen molar-refractivity contribution < 1.29 is 14.3 Å². The van der Waals surface area contributed by atoms with E-state index >= 15 is 0 Å². The van der Waals surface area contributed by atoms with E-state index in [0.29, 0.717) is 18.9 Å². The van der Waals surface area contributed by atoms with Crippen LogP contribution in [-0.2, 0) is 9.53 Å². The maximum atomic E-state index is 11.8. The van der Waals surface area contributed by atoms with Gasteiger partial charge in [-0.15, -0.1) is 0 Å². The zero-order chi connectivity index (χ0) is 13.6. The van der Waals surface area contributed by atoms with E-state index in [0.717, 1.165) is 6.42 Å². The Morgan fingerprint density at radius 2 is 2.11 bits per heavy atom. The number of nitrogens with two attached hydrogens (primary N) is 1. The zero-order valence-electron chi connectivity index (χ0n) is 11.3. The first-order chi connectivity index (χ1) is 8.42. The summed E-state index contributed by atoms with van der Waals surface area (Å²) in [4.78, 5) is 22.1. The molecule has 0 aromatic rings. The van der Waals surface area contributed by atoms with Crippen molar-refractivity contribution in [2.45, 2.75) is 46.0 Å². The lowest BCUT2D eigenvalue weighted by Crippen LogP contribution is -2.35. The molecule has 3 N–H and O–H groups in total. The highest BCUT2D eigenvalue weighted by Gasteiger charge is 2.33. The Hall–Kier alpha value is -1.26. The van der Waals surface area contributed by atoms with Crippen LogP contribution in [0.4, 0.5) is 4.79 Å². The second-order valence-corrected chi connectivity index (χ2v) is 5.65. The summed E-state index contributed by atoms with van der Waals surface area (Å²) < 4.78 is 4.55. The Bertz CT molecular complexity index is 303. The van der Waals surface area contributed by atoms with E-state index in [4.69, 9.17) is 5.73 Å². The summed E-state index contributed by atoms with van der Waals surface area (Å²) in [5.41, 5.74) is 5.07. The number of nitrogens with one attached hydrogen (secondary N) is 1. The molecule has 1 saturated carbocycles. The highest BCUT2D eigenvalue weighted by Crippen LogP contribution is 2.42. The third kappa shape index (κ3) is 4.94. The first kappa shape index (κ1) is 14.8. The molecule has 0 bridgehead atoms. The zero-order valence-corrected chi connectivity index (χ0v) is 11.3. The van der Waals surface area contributed by atoms with Gasteiger partial charge in [0.05, 0.1) is 6.54 Å². The summed E-state index contributed by atoms with van der Waals surface area (Å²) in [5.74, 6) is 0.478. The Labute approximate surface area is 108 Å². The molecule has 0 aromatic carbocycles. The fourth-order valence-corrected chi connectivity index (χ4v) is 2.58. The van der Waals surface area contributed by atoms with Gasteiger partial charge in [0.15, 0.2) is 0 Å². The minimum Gasteiger partial charge on any atom is -0.448 e. The third-order valence-electron chi connectivity index (χ3n) is 3.83. The van der Waals surface area contributed by atoms with Crippen LogP contribution in [0, 0.1) is 11.3 Å². The first-order valence-corrected chi connectivity index (χ1v) is 6.61. The number of carbonyl (C=O) groups excluding carboxylic acids is 2. The maximum Gasteiger partial charge on any atom is 0.404 e. The SMILES string of the molecule is CC1(C)CCCC[C@H]1CC(=O)NCCOC(N)=O. The van der Waals surface area contributed by atoms with Gasteiger partial charge in [-0.1, -0.05) is 26.7 Å².